The Morgan fingerprint density at radius 3 is 2.58 bits per heavy atom. The maximum Gasteiger partial charge on any atom is 0.264 e. The van der Waals surface area contributed by atoms with Crippen molar-refractivity contribution in [2.45, 2.75) is 13.5 Å². The maximum atomic E-state index is 13.2. The number of para-hydroxylation sites is 1. The third kappa shape index (κ3) is 4.32. The molecule has 0 atom stereocenters. The topological polar surface area (TPSA) is 46.4 Å². The van der Waals surface area contributed by atoms with Crippen LogP contribution in [0.5, 0.6) is 0 Å². The molecule has 4 aromatic rings. The van der Waals surface area contributed by atoms with Crippen LogP contribution < -0.4 is 5.32 Å². The zero-order valence-electron chi connectivity index (χ0n) is 17.7. The van der Waals surface area contributed by atoms with Gasteiger partial charge < -0.3 is 9.88 Å². The van der Waals surface area contributed by atoms with Crippen LogP contribution in [0.25, 0.3) is 17.0 Å². The van der Waals surface area contributed by atoms with Crippen LogP contribution in [0.2, 0.25) is 5.02 Å². The fourth-order valence-electron chi connectivity index (χ4n) is 3.89. The van der Waals surface area contributed by atoms with Gasteiger partial charge >= 0.3 is 0 Å². The van der Waals surface area contributed by atoms with Gasteiger partial charge in [-0.3, -0.25) is 4.79 Å². The maximum absolute atomic E-state index is 13.2. The number of aromatic nitrogens is 1. The van der Waals surface area contributed by atoms with Gasteiger partial charge in [-0.15, -0.1) is 0 Å². The molecule has 7 heteroatoms. The molecule has 1 saturated heterocycles. The molecule has 1 amide bonds. The summed E-state index contributed by atoms with van der Waals surface area (Å²) in [6.07, 6.45) is 1.91. The number of hydrogen-bond donors (Lipinski definition) is 1. The van der Waals surface area contributed by atoms with Crippen molar-refractivity contribution in [3.8, 4) is 0 Å². The summed E-state index contributed by atoms with van der Waals surface area (Å²) in [5.74, 6) is -0.533. The SMILES string of the molecule is Cc1c(/C=C2/SC(=Nc3ccc(F)cc3)NC2=O)c2ccccc2n1Cc1ccccc1Cl. The van der Waals surface area contributed by atoms with E-state index in [0.29, 0.717) is 22.3 Å². The molecule has 1 aromatic heterocycles. The molecule has 0 bridgehead atoms. The van der Waals surface area contributed by atoms with E-state index in [1.54, 1.807) is 12.1 Å². The minimum Gasteiger partial charge on any atom is -0.340 e. The van der Waals surface area contributed by atoms with Crippen molar-refractivity contribution in [2.75, 3.05) is 0 Å². The van der Waals surface area contributed by atoms with E-state index in [1.807, 2.05) is 49.4 Å². The molecule has 1 fully saturated rings. The van der Waals surface area contributed by atoms with Crippen molar-refractivity contribution < 1.29 is 9.18 Å². The third-order valence-electron chi connectivity index (χ3n) is 5.55. The number of hydrogen-bond acceptors (Lipinski definition) is 3. The lowest BCUT2D eigenvalue weighted by Crippen LogP contribution is -2.19. The van der Waals surface area contributed by atoms with E-state index in [2.05, 4.69) is 27.0 Å². The number of nitrogens with zero attached hydrogens (tertiary/aromatic N) is 2. The first-order valence-corrected chi connectivity index (χ1v) is 11.6. The van der Waals surface area contributed by atoms with Crippen molar-refractivity contribution in [3.05, 3.63) is 105 Å². The van der Waals surface area contributed by atoms with Crippen molar-refractivity contribution >= 4 is 57.1 Å². The van der Waals surface area contributed by atoms with Crippen LogP contribution in [0.1, 0.15) is 16.8 Å². The minimum absolute atomic E-state index is 0.205. The van der Waals surface area contributed by atoms with Gasteiger partial charge in [0.15, 0.2) is 5.17 Å². The number of amidine groups is 1. The van der Waals surface area contributed by atoms with E-state index in [-0.39, 0.29) is 11.7 Å². The summed E-state index contributed by atoms with van der Waals surface area (Å²) >= 11 is 7.69. The Morgan fingerprint density at radius 1 is 1.06 bits per heavy atom. The molecule has 4 nitrogen and oxygen atoms in total. The summed E-state index contributed by atoms with van der Waals surface area (Å²) in [6, 6.07) is 21.8. The predicted octanol–water partition coefficient (Wildman–Crippen LogP) is 6.68. The molecule has 0 saturated carbocycles. The average Bonchev–Trinajstić information content (AvgIpc) is 3.29. The second kappa shape index (κ2) is 8.89. The van der Waals surface area contributed by atoms with Crippen LogP contribution in [0.4, 0.5) is 10.1 Å². The average molecular weight is 476 g/mol. The molecule has 164 valence electrons. The van der Waals surface area contributed by atoms with E-state index in [9.17, 15) is 9.18 Å². The summed E-state index contributed by atoms with van der Waals surface area (Å²) < 4.78 is 15.4. The Kier molecular flexibility index (Phi) is 5.79. The highest BCUT2D eigenvalue weighted by Gasteiger charge is 2.25. The van der Waals surface area contributed by atoms with Gasteiger partial charge in [0.05, 0.1) is 10.6 Å². The molecular weight excluding hydrogens is 457 g/mol. The summed E-state index contributed by atoms with van der Waals surface area (Å²) in [6.45, 7) is 2.68. The normalized spacial score (nSPS) is 16.2. The van der Waals surface area contributed by atoms with Crippen LogP contribution in [-0.4, -0.2) is 15.6 Å². The Hall–Kier alpha value is -3.35. The number of thioether (sulfide) groups is 1. The number of nitrogens with one attached hydrogen (secondary N) is 1. The van der Waals surface area contributed by atoms with Crippen LogP contribution in [-0.2, 0) is 11.3 Å². The van der Waals surface area contributed by atoms with Crippen LogP contribution in [0.15, 0.2) is 82.7 Å². The van der Waals surface area contributed by atoms with Gasteiger partial charge in [0.25, 0.3) is 5.91 Å². The summed E-state index contributed by atoms with van der Waals surface area (Å²) in [7, 11) is 0. The monoisotopic (exact) mass is 475 g/mol. The number of amides is 1. The zero-order chi connectivity index (χ0) is 22.9. The quantitative estimate of drug-likeness (QED) is 0.334. The molecule has 0 aliphatic carbocycles. The highest BCUT2D eigenvalue weighted by atomic mass is 35.5. The Labute approximate surface area is 199 Å². The first-order chi connectivity index (χ1) is 16.0. The smallest absolute Gasteiger partial charge is 0.264 e. The van der Waals surface area contributed by atoms with Gasteiger partial charge in [0.1, 0.15) is 5.82 Å². The second-order valence-electron chi connectivity index (χ2n) is 7.65. The van der Waals surface area contributed by atoms with Gasteiger partial charge in [-0.1, -0.05) is 48.0 Å². The predicted molar refractivity (Wildman–Crippen MR) is 134 cm³/mol. The van der Waals surface area contributed by atoms with E-state index in [0.717, 1.165) is 32.7 Å². The molecule has 1 N–H and O–H groups in total. The number of fused-ring (bicyclic) bond motifs is 1. The summed E-state index contributed by atoms with van der Waals surface area (Å²) in [4.78, 5) is 17.6. The molecule has 1 aliphatic rings. The first-order valence-electron chi connectivity index (χ1n) is 10.4. The molecule has 3 aromatic carbocycles. The number of carbonyl (C=O) groups is 1. The Morgan fingerprint density at radius 2 is 1.79 bits per heavy atom. The molecule has 33 heavy (non-hydrogen) atoms. The summed E-state index contributed by atoms with van der Waals surface area (Å²) in [5, 5.41) is 5.05. The van der Waals surface area contributed by atoms with E-state index >= 15 is 0 Å². The van der Waals surface area contributed by atoms with E-state index in [4.69, 9.17) is 11.6 Å². The van der Waals surface area contributed by atoms with Gasteiger partial charge in [0.2, 0.25) is 0 Å². The van der Waals surface area contributed by atoms with Crippen molar-refractivity contribution in [1.29, 1.82) is 0 Å². The number of carbonyl (C=O) groups excluding carboxylic acids is 1. The number of aliphatic imine (C=N–C) groups is 1. The number of halogens is 2. The van der Waals surface area contributed by atoms with Crippen LogP contribution in [0.3, 0.4) is 0 Å². The number of rotatable bonds is 4. The molecular formula is C26H19ClFN3OS. The fraction of sp³-hybridized carbons (Fsp3) is 0.0769. The number of benzene rings is 3. The highest BCUT2D eigenvalue weighted by molar-refractivity contribution is 8.18. The Balaban J connectivity index is 1.52. The fourth-order valence-corrected chi connectivity index (χ4v) is 4.90. The summed E-state index contributed by atoms with van der Waals surface area (Å²) in [5.41, 5.74) is 4.71. The zero-order valence-corrected chi connectivity index (χ0v) is 19.3. The van der Waals surface area contributed by atoms with Crippen LogP contribution in [0, 0.1) is 12.7 Å². The van der Waals surface area contributed by atoms with Gasteiger partial charge in [-0.05, 0) is 66.7 Å². The largest absolute Gasteiger partial charge is 0.340 e. The van der Waals surface area contributed by atoms with Gasteiger partial charge in [-0.2, -0.15) is 0 Å². The van der Waals surface area contributed by atoms with E-state index < -0.39 is 0 Å². The third-order valence-corrected chi connectivity index (χ3v) is 6.83. The van der Waals surface area contributed by atoms with Crippen molar-refractivity contribution in [1.82, 2.24) is 9.88 Å². The van der Waals surface area contributed by atoms with E-state index in [1.165, 1.54) is 23.9 Å². The second-order valence-corrected chi connectivity index (χ2v) is 9.09. The highest BCUT2D eigenvalue weighted by Crippen LogP contribution is 2.34. The first kappa shape index (κ1) is 21.5. The van der Waals surface area contributed by atoms with Crippen molar-refractivity contribution in [3.63, 3.8) is 0 Å². The molecule has 2 heterocycles. The minimum atomic E-state index is -0.327. The standard InChI is InChI=1S/C26H19ClFN3OS/c1-16-21(14-24-25(32)30-26(33-24)29-19-12-10-18(28)11-13-19)20-7-3-5-9-23(20)31(16)15-17-6-2-4-8-22(17)27/h2-14H,15H2,1H3,(H,29,30,32)/b24-14+. The molecule has 1 aliphatic heterocycles. The molecule has 0 unspecified atom stereocenters. The lowest BCUT2D eigenvalue weighted by atomic mass is 10.1. The molecule has 0 radical (unpaired) electrons. The van der Waals surface area contributed by atoms with Crippen molar-refractivity contribution in [2.24, 2.45) is 4.99 Å². The van der Waals surface area contributed by atoms with Crippen LogP contribution >= 0.6 is 23.4 Å². The Bertz CT molecular complexity index is 1440. The lowest BCUT2D eigenvalue weighted by molar-refractivity contribution is -0.115. The van der Waals surface area contributed by atoms with Gasteiger partial charge in [-0.25, -0.2) is 9.38 Å². The molecule has 5 rings (SSSR count). The van der Waals surface area contributed by atoms with Gasteiger partial charge in [0, 0.05) is 33.7 Å². The molecule has 0 spiro atoms. The lowest BCUT2D eigenvalue weighted by Gasteiger charge is -2.10.